The lowest BCUT2D eigenvalue weighted by Crippen LogP contribution is -2.07. The summed E-state index contributed by atoms with van der Waals surface area (Å²) < 4.78 is 2.13. The molecule has 1 fully saturated rings. The molecule has 0 unspecified atom stereocenters. The first-order valence-electron chi connectivity index (χ1n) is 6.85. The van der Waals surface area contributed by atoms with E-state index in [-0.39, 0.29) is 5.75 Å². The van der Waals surface area contributed by atoms with Crippen LogP contribution in [-0.2, 0) is 11.3 Å². The number of aliphatic carboxylic acids is 1. The van der Waals surface area contributed by atoms with Gasteiger partial charge >= 0.3 is 5.97 Å². The Morgan fingerprint density at radius 1 is 1.47 bits per heavy atom. The standard InChI is InChI=1S/C13H21N3O2S/c1-9(2)4-3-7-16-12(10-5-6-10)14-15-13(16)19-8-11(17)18/h9-10H,3-8H2,1-2H3,(H,17,18). The molecule has 1 aliphatic carbocycles. The number of aromatic nitrogens is 3. The van der Waals surface area contributed by atoms with Gasteiger partial charge in [-0.25, -0.2) is 0 Å². The minimum absolute atomic E-state index is 0.0486. The molecule has 0 bridgehead atoms. The lowest BCUT2D eigenvalue weighted by atomic mass is 10.1. The highest BCUT2D eigenvalue weighted by molar-refractivity contribution is 7.99. The molecule has 5 nitrogen and oxygen atoms in total. The van der Waals surface area contributed by atoms with Gasteiger partial charge in [0.2, 0.25) is 0 Å². The smallest absolute Gasteiger partial charge is 0.313 e. The fraction of sp³-hybridized carbons (Fsp3) is 0.769. The van der Waals surface area contributed by atoms with Crippen LogP contribution in [-0.4, -0.2) is 31.6 Å². The Morgan fingerprint density at radius 2 is 2.21 bits per heavy atom. The Hall–Kier alpha value is -1.04. The molecule has 0 amide bonds. The second kappa shape index (κ2) is 6.41. The second-order valence-electron chi connectivity index (χ2n) is 5.49. The predicted molar refractivity (Wildman–Crippen MR) is 74.4 cm³/mol. The summed E-state index contributed by atoms with van der Waals surface area (Å²) in [7, 11) is 0. The number of carboxylic acid groups (broad SMARTS) is 1. The molecule has 2 rings (SSSR count). The Labute approximate surface area is 117 Å². The van der Waals surface area contributed by atoms with Crippen molar-refractivity contribution in [1.29, 1.82) is 0 Å². The van der Waals surface area contributed by atoms with Crippen LogP contribution in [0, 0.1) is 5.92 Å². The van der Waals surface area contributed by atoms with Crippen LogP contribution in [0.1, 0.15) is 51.3 Å². The van der Waals surface area contributed by atoms with Gasteiger partial charge in [0.05, 0.1) is 5.75 Å². The van der Waals surface area contributed by atoms with E-state index in [0.29, 0.717) is 11.8 Å². The third kappa shape index (κ3) is 4.23. The normalized spacial score (nSPS) is 15.1. The molecule has 6 heteroatoms. The Morgan fingerprint density at radius 3 is 2.79 bits per heavy atom. The van der Waals surface area contributed by atoms with Crippen molar-refractivity contribution in [3.05, 3.63) is 5.82 Å². The molecule has 0 aromatic carbocycles. The maximum Gasteiger partial charge on any atom is 0.313 e. The van der Waals surface area contributed by atoms with Crippen LogP contribution in [0.15, 0.2) is 5.16 Å². The van der Waals surface area contributed by atoms with E-state index in [1.807, 2.05) is 0 Å². The number of hydrogen-bond acceptors (Lipinski definition) is 4. The third-order valence-electron chi connectivity index (χ3n) is 3.18. The summed E-state index contributed by atoms with van der Waals surface area (Å²) in [4.78, 5) is 10.7. The summed E-state index contributed by atoms with van der Waals surface area (Å²) >= 11 is 1.27. The van der Waals surface area contributed by atoms with Crippen LogP contribution < -0.4 is 0 Å². The molecule has 19 heavy (non-hydrogen) atoms. The third-order valence-corrected chi connectivity index (χ3v) is 4.13. The first kappa shape index (κ1) is 14.4. The fourth-order valence-corrected chi connectivity index (χ4v) is 2.74. The number of carbonyl (C=O) groups is 1. The van der Waals surface area contributed by atoms with Crippen LogP contribution in [0.2, 0.25) is 0 Å². The number of thioether (sulfide) groups is 1. The largest absolute Gasteiger partial charge is 0.481 e. The van der Waals surface area contributed by atoms with E-state index in [1.165, 1.54) is 31.0 Å². The average molecular weight is 283 g/mol. The molecule has 0 atom stereocenters. The van der Waals surface area contributed by atoms with Crippen molar-refractivity contribution in [3.63, 3.8) is 0 Å². The van der Waals surface area contributed by atoms with E-state index in [2.05, 4.69) is 28.6 Å². The Bertz CT molecular complexity index is 441. The first-order valence-corrected chi connectivity index (χ1v) is 7.84. The summed E-state index contributed by atoms with van der Waals surface area (Å²) in [5.41, 5.74) is 0. The van der Waals surface area contributed by atoms with Gasteiger partial charge in [-0.05, 0) is 31.6 Å². The Kier molecular flexibility index (Phi) is 4.85. The van der Waals surface area contributed by atoms with Crippen molar-refractivity contribution in [2.24, 2.45) is 5.92 Å². The zero-order valence-corrected chi connectivity index (χ0v) is 12.3. The van der Waals surface area contributed by atoms with Crippen molar-refractivity contribution >= 4 is 17.7 Å². The summed E-state index contributed by atoms with van der Waals surface area (Å²) in [5.74, 6) is 1.53. The van der Waals surface area contributed by atoms with Gasteiger partial charge in [0.25, 0.3) is 0 Å². The summed E-state index contributed by atoms with van der Waals surface area (Å²) in [5, 5.41) is 17.9. The second-order valence-corrected chi connectivity index (χ2v) is 6.43. The SMILES string of the molecule is CC(C)CCCn1c(SCC(=O)O)nnc1C1CC1. The van der Waals surface area contributed by atoms with Crippen LogP contribution in [0.5, 0.6) is 0 Å². The van der Waals surface area contributed by atoms with Crippen LogP contribution in [0.4, 0.5) is 0 Å². The van der Waals surface area contributed by atoms with E-state index in [9.17, 15) is 4.79 Å². The maximum atomic E-state index is 10.7. The van der Waals surface area contributed by atoms with Gasteiger partial charge in [0.1, 0.15) is 5.82 Å². The molecule has 106 valence electrons. The van der Waals surface area contributed by atoms with Crippen molar-refractivity contribution in [1.82, 2.24) is 14.8 Å². The number of hydrogen-bond donors (Lipinski definition) is 1. The zero-order valence-electron chi connectivity index (χ0n) is 11.5. The van der Waals surface area contributed by atoms with Gasteiger partial charge in [-0.3, -0.25) is 4.79 Å². The highest BCUT2D eigenvalue weighted by Gasteiger charge is 2.30. The summed E-state index contributed by atoms with van der Waals surface area (Å²) in [6, 6.07) is 0. The average Bonchev–Trinajstić information content (AvgIpc) is 3.09. The van der Waals surface area contributed by atoms with Gasteiger partial charge in [0.15, 0.2) is 5.16 Å². The topological polar surface area (TPSA) is 68.0 Å². The van der Waals surface area contributed by atoms with Crippen LogP contribution >= 0.6 is 11.8 Å². The summed E-state index contributed by atoms with van der Waals surface area (Å²) in [6.45, 7) is 5.33. The highest BCUT2D eigenvalue weighted by atomic mass is 32.2. The molecule has 0 radical (unpaired) electrons. The lowest BCUT2D eigenvalue weighted by molar-refractivity contribution is -0.133. The van der Waals surface area contributed by atoms with Gasteiger partial charge in [-0.15, -0.1) is 10.2 Å². The number of rotatable bonds is 8. The van der Waals surface area contributed by atoms with Gasteiger partial charge in [-0.1, -0.05) is 25.6 Å². The number of nitrogens with zero attached hydrogens (tertiary/aromatic N) is 3. The van der Waals surface area contributed by atoms with Crippen LogP contribution in [0.25, 0.3) is 0 Å². The molecule has 1 heterocycles. The molecule has 1 saturated carbocycles. The molecule has 0 aliphatic heterocycles. The molecular weight excluding hydrogens is 262 g/mol. The molecule has 1 N–H and O–H groups in total. The zero-order chi connectivity index (χ0) is 13.8. The van der Waals surface area contributed by atoms with Crippen LogP contribution in [0.3, 0.4) is 0 Å². The van der Waals surface area contributed by atoms with Gasteiger partial charge in [0, 0.05) is 12.5 Å². The van der Waals surface area contributed by atoms with E-state index in [4.69, 9.17) is 5.11 Å². The Balaban J connectivity index is 2.02. The minimum Gasteiger partial charge on any atom is -0.481 e. The van der Waals surface area contributed by atoms with Gasteiger partial charge < -0.3 is 9.67 Å². The minimum atomic E-state index is -0.810. The van der Waals surface area contributed by atoms with Gasteiger partial charge in [-0.2, -0.15) is 0 Å². The number of carboxylic acids is 1. The summed E-state index contributed by atoms with van der Waals surface area (Å²) in [6.07, 6.45) is 4.64. The quantitative estimate of drug-likeness (QED) is 0.743. The van der Waals surface area contributed by atoms with E-state index < -0.39 is 5.97 Å². The van der Waals surface area contributed by atoms with E-state index >= 15 is 0 Å². The van der Waals surface area contributed by atoms with E-state index in [0.717, 1.165) is 23.9 Å². The van der Waals surface area contributed by atoms with Crippen molar-refractivity contribution in [3.8, 4) is 0 Å². The molecular formula is C13H21N3O2S. The van der Waals surface area contributed by atoms with E-state index in [1.54, 1.807) is 0 Å². The molecule has 0 spiro atoms. The van der Waals surface area contributed by atoms with Crippen molar-refractivity contribution < 1.29 is 9.90 Å². The lowest BCUT2D eigenvalue weighted by Gasteiger charge is -2.10. The highest BCUT2D eigenvalue weighted by Crippen LogP contribution is 2.40. The fourth-order valence-electron chi connectivity index (χ4n) is 2.04. The van der Waals surface area contributed by atoms with Crippen molar-refractivity contribution in [2.45, 2.75) is 57.1 Å². The molecule has 1 aromatic rings. The molecule has 1 aliphatic rings. The monoisotopic (exact) mass is 283 g/mol. The first-order chi connectivity index (χ1) is 9.08. The predicted octanol–water partition coefficient (Wildman–Crippen LogP) is 2.77. The molecule has 0 saturated heterocycles. The van der Waals surface area contributed by atoms with Crippen molar-refractivity contribution in [2.75, 3.05) is 5.75 Å². The maximum absolute atomic E-state index is 10.7. The molecule has 1 aromatic heterocycles.